The minimum absolute atomic E-state index is 0.119. The van der Waals surface area contributed by atoms with Crippen LogP contribution >= 0.6 is 15.9 Å². The van der Waals surface area contributed by atoms with Crippen LogP contribution in [-0.2, 0) is 35.4 Å². The van der Waals surface area contributed by atoms with Gasteiger partial charge in [-0.15, -0.1) is 0 Å². The lowest BCUT2D eigenvalue weighted by Crippen LogP contribution is -2.46. The van der Waals surface area contributed by atoms with Crippen molar-refractivity contribution in [1.82, 2.24) is 24.7 Å². The highest BCUT2D eigenvalue weighted by Gasteiger charge is 2.19. The third-order valence-electron chi connectivity index (χ3n) is 9.95. The zero-order valence-electron chi connectivity index (χ0n) is 33.8. The predicted molar refractivity (Wildman–Crippen MR) is 225 cm³/mol. The highest BCUT2D eigenvalue weighted by atomic mass is 79.9. The van der Waals surface area contributed by atoms with Gasteiger partial charge in [0, 0.05) is 56.5 Å². The number of aryl methyl sites for hydroxylation is 3. The molecule has 1 aliphatic carbocycles. The van der Waals surface area contributed by atoms with E-state index >= 15 is 0 Å². The molecule has 2 aromatic carbocycles. The van der Waals surface area contributed by atoms with Gasteiger partial charge in [0.25, 0.3) is 0 Å². The van der Waals surface area contributed by atoms with E-state index in [4.69, 9.17) is 0 Å². The standard InChI is InChI=1S/C20H25Br.C12H15FN2O.C11H17N3O.C2H6/c1-5-14(2)11-20(21)13-17-8-9-18-10-15(3)6-7-19(18)12-16(17)4;13-11-3-1-10(2-4-11)9-12(16)15-7-5-14-6-8-15;1-10-5-14(8-12-10)7-11-3-2-4-13(6-11)9-15;1-2/h6-7,10-11,13H,5,8-9,12H2,1-4H3;1-4,14H,5-9H2;5,8-9,11H,2-4,6-7H2,1H3;1-2H3/b14-11+,20-13+;;;. The minimum Gasteiger partial charge on any atom is -0.345 e. The van der Waals surface area contributed by atoms with Crippen molar-refractivity contribution in [2.45, 2.75) is 100.0 Å². The van der Waals surface area contributed by atoms with Crippen LogP contribution in [0.1, 0.15) is 88.2 Å². The van der Waals surface area contributed by atoms with Crippen LogP contribution in [0.2, 0.25) is 0 Å². The highest BCUT2D eigenvalue weighted by molar-refractivity contribution is 9.11. The van der Waals surface area contributed by atoms with Crippen molar-refractivity contribution in [2.75, 3.05) is 39.3 Å². The monoisotopic (exact) mass is 803 g/mol. The Labute approximate surface area is 332 Å². The van der Waals surface area contributed by atoms with E-state index in [9.17, 15) is 14.0 Å². The fraction of sp³-hybridized carbons (Fsp3) is 0.489. The fourth-order valence-corrected chi connectivity index (χ4v) is 7.46. The van der Waals surface area contributed by atoms with E-state index in [1.54, 1.807) is 12.1 Å². The van der Waals surface area contributed by atoms with E-state index in [0.29, 0.717) is 12.3 Å². The Bertz CT molecular complexity index is 1700. The second-order valence-electron chi connectivity index (χ2n) is 14.4. The number of piperazine rings is 1. The van der Waals surface area contributed by atoms with Crippen LogP contribution in [0.25, 0.3) is 0 Å². The number of hydrogen-bond acceptors (Lipinski definition) is 4. The summed E-state index contributed by atoms with van der Waals surface area (Å²) in [4.78, 5) is 30.4. The van der Waals surface area contributed by atoms with Crippen molar-refractivity contribution in [2.24, 2.45) is 5.92 Å². The lowest BCUT2D eigenvalue weighted by atomic mass is 9.98. The number of imidazole rings is 1. The van der Waals surface area contributed by atoms with Crippen LogP contribution in [0.15, 0.2) is 88.3 Å². The van der Waals surface area contributed by atoms with Gasteiger partial charge in [-0.05, 0) is 119 Å². The molecule has 1 aromatic heterocycles. The Kier molecular flexibility index (Phi) is 19.7. The molecule has 2 saturated heterocycles. The highest BCUT2D eigenvalue weighted by Crippen LogP contribution is 2.28. The number of carbonyl (C=O) groups is 2. The van der Waals surface area contributed by atoms with E-state index in [0.717, 1.165) is 95.6 Å². The average Bonchev–Trinajstić information content (AvgIpc) is 3.53. The molecular formula is C45H63BrFN5O2. The van der Waals surface area contributed by atoms with Crippen molar-refractivity contribution in [3.63, 3.8) is 0 Å². The van der Waals surface area contributed by atoms with Gasteiger partial charge in [-0.1, -0.05) is 83.7 Å². The van der Waals surface area contributed by atoms with Crippen molar-refractivity contribution in [1.29, 1.82) is 0 Å². The molecule has 1 N–H and O–H groups in total. The summed E-state index contributed by atoms with van der Waals surface area (Å²) in [5.74, 6) is 0.434. The Morgan fingerprint density at radius 2 is 1.74 bits per heavy atom. The average molecular weight is 805 g/mol. The second kappa shape index (κ2) is 23.9. The summed E-state index contributed by atoms with van der Waals surface area (Å²) in [6.45, 7) is 20.9. The number of nitrogens with zero attached hydrogens (tertiary/aromatic N) is 4. The number of hydrogen-bond donors (Lipinski definition) is 1. The Morgan fingerprint density at radius 1 is 1.02 bits per heavy atom. The van der Waals surface area contributed by atoms with Crippen LogP contribution < -0.4 is 5.32 Å². The summed E-state index contributed by atoms with van der Waals surface area (Å²) < 4.78 is 16.0. The van der Waals surface area contributed by atoms with Gasteiger partial charge in [0.15, 0.2) is 0 Å². The molecule has 54 heavy (non-hydrogen) atoms. The van der Waals surface area contributed by atoms with Crippen LogP contribution in [0.3, 0.4) is 0 Å². The molecule has 3 aromatic rings. The fourth-order valence-electron chi connectivity index (χ4n) is 6.80. The predicted octanol–water partition coefficient (Wildman–Crippen LogP) is 9.32. The number of fused-ring (bicyclic) bond motifs is 1. The zero-order valence-corrected chi connectivity index (χ0v) is 35.4. The molecule has 2 aliphatic heterocycles. The lowest BCUT2D eigenvalue weighted by Gasteiger charge is -2.29. The largest absolute Gasteiger partial charge is 0.345 e. The molecule has 1 unspecified atom stereocenters. The summed E-state index contributed by atoms with van der Waals surface area (Å²) in [6.07, 6.45) is 16.6. The number of amides is 2. The Morgan fingerprint density at radius 3 is 2.39 bits per heavy atom. The third-order valence-corrected chi connectivity index (χ3v) is 10.4. The minimum atomic E-state index is -0.265. The van der Waals surface area contributed by atoms with Gasteiger partial charge in [-0.2, -0.15) is 0 Å². The maximum atomic E-state index is 12.7. The number of aromatic nitrogens is 2. The molecule has 0 spiro atoms. The molecule has 0 saturated carbocycles. The first-order chi connectivity index (χ1) is 26.0. The smallest absolute Gasteiger partial charge is 0.227 e. The number of nitrogens with one attached hydrogen (secondary N) is 1. The van der Waals surface area contributed by atoms with Gasteiger partial charge < -0.3 is 19.7 Å². The van der Waals surface area contributed by atoms with E-state index in [1.807, 2.05) is 36.9 Å². The first kappa shape index (κ1) is 44.6. The summed E-state index contributed by atoms with van der Waals surface area (Å²) in [7, 11) is 0. The molecule has 7 nitrogen and oxygen atoms in total. The van der Waals surface area contributed by atoms with E-state index in [2.05, 4.69) is 95.0 Å². The van der Waals surface area contributed by atoms with Crippen LogP contribution in [0.4, 0.5) is 4.39 Å². The first-order valence-corrected chi connectivity index (χ1v) is 20.5. The van der Waals surface area contributed by atoms with Crippen LogP contribution in [0, 0.1) is 25.6 Å². The van der Waals surface area contributed by atoms with Crippen LogP contribution in [0.5, 0.6) is 0 Å². The zero-order chi connectivity index (χ0) is 39.5. The molecule has 1 atom stereocenters. The molecule has 9 heteroatoms. The molecule has 294 valence electrons. The van der Waals surface area contributed by atoms with Gasteiger partial charge in [0.1, 0.15) is 5.82 Å². The number of halogens is 2. The maximum absolute atomic E-state index is 12.7. The quantitative estimate of drug-likeness (QED) is 0.182. The van der Waals surface area contributed by atoms with E-state index in [-0.39, 0.29) is 11.7 Å². The van der Waals surface area contributed by atoms with Crippen molar-refractivity contribution >= 4 is 28.2 Å². The summed E-state index contributed by atoms with van der Waals surface area (Å²) >= 11 is 3.71. The normalized spacial score (nSPS) is 17.5. The number of carbonyl (C=O) groups excluding carboxylic acids is 2. The number of allylic oxidation sites excluding steroid dienone is 6. The first-order valence-electron chi connectivity index (χ1n) is 19.7. The van der Waals surface area contributed by atoms with Gasteiger partial charge >= 0.3 is 0 Å². The number of rotatable bonds is 8. The molecule has 0 radical (unpaired) electrons. The number of benzene rings is 2. The van der Waals surface area contributed by atoms with E-state index < -0.39 is 0 Å². The SMILES string of the molecule is CC.CC/C(C)=C/C(Br)=C\C1=C(C)Cc2ccc(C)cc2CC1.Cc1cn(CC2CCCN(C=O)C2)cn1.O=C(Cc1ccc(F)cc1)N1CCNCC1. The van der Waals surface area contributed by atoms with Crippen molar-refractivity contribution in [3.8, 4) is 0 Å². The topological polar surface area (TPSA) is 70.5 Å². The lowest BCUT2D eigenvalue weighted by molar-refractivity contribution is -0.131. The molecule has 3 heterocycles. The van der Waals surface area contributed by atoms with Crippen molar-refractivity contribution in [3.05, 3.63) is 122 Å². The van der Waals surface area contributed by atoms with Crippen molar-refractivity contribution < 1.29 is 14.0 Å². The van der Waals surface area contributed by atoms with Gasteiger partial charge in [0.05, 0.1) is 18.4 Å². The van der Waals surface area contributed by atoms with E-state index in [1.165, 1.54) is 56.4 Å². The second-order valence-corrected chi connectivity index (χ2v) is 15.3. The third kappa shape index (κ3) is 15.5. The molecule has 0 bridgehead atoms. The molecule has 3 aliphatic rings. The Hall–Kier alpha value is -3.82. The Balaban J connectivity index is 0.000000216. The number of piperidine rings is 1. The summed E-state index contributed by atoms with van der Waals surface area (Å²) in [5, 5.41) is 3.20. The molecule has 2 fully saturated rings. The summed E-state index contributed by atoms with van der Waals surface area (Å²) in [5.41, 5.74) is 10.7. The van der Waals surface area contributed by atoms with Gasteiger partial charge in [-0.3, -0.25) is 9.59 Å². The van der Waals surface area contributed by atoms with Gasteiger partial charge in [-0.25, -0.2) is 9.37 Å². The van der Waals surface area contributed by atoms with Crippen LogP contribution in [-0.4, -0.2) is 70.9 Å². The van der Waals surface area contributed by atoms with Gasteiger partial charge in [0.2, 0.25) is 12.3 Å². The maximum Gasteiger partial charge on any atom is 0.227 e. The summed E-state index contributed by atoms with van der Waals surface area (Å²) in [6, 6.07) is 13.0. The molecule has 6 rings (SSSR count). The molecular weight excluding hydrogens is 741 g/mol. The molecule has 2 amide bonds. The number of likely N-dealkylation sites (tertiary alicyclic amines) is 1.